The van der Waals surface area contributed by atoms with Gasteiger partial charge in [-0.05, 0) is 62.1 Å². The highest BCUT2D eigenvalue weighted by molar-refractivity contribution is 7.93. The number of rotatable bonds is 6. The molecule has 3 aliphatic rings. The van der Waals surface area contributed by atoms with E-state index in [4.69, 9.17) is 14.2 Å². The number of hydroxylamine groups is 1. The molecule has 5 rings (SSSR count). The zero-order valence-electron chi connectivity index (χ0n) is 18.4. The van der Waals surface area contributed by atoms with Crippen molar-refractivity contribution >= 4 is 28.2 Å². The van der Waals surface area contributed by atoms with Gasteiger partial charge < -0.3 is 19.1 Å². The zero-order valence-corrected chi connectivity index (χ0v) is 20.1. The van der Waals surface area contributed by atoms with Crippen LogP contribution in [0.3, 0.4) is 0 Å². The maximum absolute atomic E-state index is 13.6. The van der Waals surface area contributed by atoms with Crippen LogP contribution in [0.1, 0.15) is 25.7 Å². The van der Waals surface area contributed by atoms with Gasteiger partial charge in [-0.3, -0.25) is 10.0 Å². The number of hydrogen-bond donors (Lipinski definition) is 2. The monoisotopic (exact) mass is 510 g/mol. The van der Waals surface area contributed by atoms with E-state index in [1.54, 1.807) is 35.8 Å². The number of carbonyl (C=O) groups excluding carboxylic acids is 1. The van der Waals surface area contributed by atoms with Gasteiger partial charge in [0.2, 0.25) is 0 Å². The van der Waals surface area contributed by atoms with Gasteiger partial charge >= 0.3 is 0 Å². The number of likely N-dealkylation sites (tertiary alicyclic amines) is 1. The van der Waals surface area contributed by atoms with E-state index in [0.717, 1.165) is 12.8 Å². The van der Waals surface area contributed by atoms with Crippen LogP contribution in [0.15, 0.2) is 47.4 Å². The first-order chi connectivity index (χ1) is 15.9. The van der Waals surface area contributed by atoms with Crippen molar-refractivity contribution < 1.29 is 32.6 Å². The Kier molecular flexibility index (Phi) is 6.95. The molecule has 34 heavy (non-hydrogen) atoms. The zero-order chi connectivity index (χ0) is 23.1. The van der Waals surface area contributed by atoms with Gasteiger partial charge in [0, 0.05) is 25.2 Å². The molecule has 1 aliphatic carbocycles. The van der Waals surface area contributed by atoms with Crippen LogP contribution in [0, 0.1) is 0 Å². The number of nitrogens with one attached hydrogen (secondary N) is 1. The van der Waals surface area contributed by atoms with E-state index < -0.39 is 20.5 Å². The number of carbonyl (C=O) groups is 1. The fraction of sp³-hybridized carbons (Fsp3) is 0.435. The minimum absolute atomic E-state index is 0. The highest BCUT2D eigenvalue weighted by Gasteiger charge is 2.54. The highest BCUT2D eigenvalue weighted by atomic mass is 35.5. The van der Waals surface area contributed by atoms with Crippen LogP contribution < -0.4 is 19.7 Å². The van der Waals surface area contributed by atoms with Crippen molar-refractivity contribution in [1.29, 1.82) is 0 Å². The summed E-state index contributed by atoms with van der Waals surface area (Å²) in [6.07, 6.45) is 2.48. The molecule has 1 amide bonds. The van der Waals surface area contributed by atoms with Gasteiger partial charge in [-0.25, -0.2) is 13.9 Å². The van der Waals surface area contributed by atoms with Crippen LogP contribution in [0.2, 0.25) is 0 Å². The topological polar surface area (TPSA) is 114 Å². The summed E-state index contributed by atoms with van der Waals surface area (Å²) >= 11 is 0. The highest BCUT2D eigenvalue weighted by Crippen LogP contribution is 2.40. The normalized spacial score (nSPS) is 19.6. The van der Waals surface area contributed by atoms with Crippen molar-refractivity contribution in [3.05, 3.63) is 42.5 Å². The van der Waals surface area contributed by atoms with E-state index >= 15 is 0 Å². The first-order valence-electron chi connectivity index (χ1n) is 11.0. The molecule has 0 unspecified atom stereocenters. The smallest absolute Gasteiger partial charge is 0.265 e. The average molecular weight is 511 g/mol. The third-order valence-corrected chi connectivity index (χ3v) is 9.10. The molecule has 11 heteroatoms. The lowest BCUT2D eigenvalue weighted by Gasteiger charge is -2.39. The molecule has 0 radical (unpaired) electrons. The van der Waals surface area contributed by atoms with Crippen LogP contribution in [0.5, 0.6) is 23.0 Å². The number of halogens is 1. The Morgan fingerprint density at radius 1 is 1.00 bits per heavy atom. The van der Waals surface area contributed by atoms with Gasteiger partial charge in [0.25, 0.3) is 5.91 Å². The lowest BCUT2D eigenvalue weighted by atomic mass is 9.94. The molecule has 9 nitrogen and oxygen atoms in total. The molecule has 0 aromatic heterocycles. The molecule has 2 aromatic rings. The van der Waals surface area contributed by atoms with E-state index in [-0.39, 0.29) is 30.1 Å². The van der Waals surface area contributed by atoms with Gasteiger partial charge in [0.1, 0.15) is 24.7 Å². The Hall–Kier alpha value is -2.53. The number of hydrogen-bond acceptors (Lipinski definition) is 8. The number of fused-ring (bicyclic) bond motifs is 1. The van der Waals surface area contributed by atoms with Crippen molar-refractivity contribution in [1.82, 2.24) is 10.4 Å². The van der Waals surface area contributed by atoms with E-state index in [1.807, 2.05) is 0 Å². The molecule has 0 bridgehead atoms. The first kappa shape index (κ1) is 24.6. The summed E-state index contributed by atoms with van der Waals surface area (Å²) in [5.74, 6) is 1.32. The number of benzene rings is 2. The summed E-state index contributed by atoms with van der Waals surface area (Å²) in [4.78, 5) is 14.9. The Balaban J connectivity index is 0.00000274. The Bertz CT molecular complexity index is 1140. The van der Waals surface area contributed by atoms with Gasteiger partial charge in [0.15, 0.2) is 26.1 Å². The van der Waals surface area contributed by atoms with E-state index in [0.29, 0.717) is 55.3 Å². The fourth-order valence-electron chi connectivity index (χ4n) is 4.55. The van der Waals surface area contributed by atoms with Crippen molar-refractivity contribution in [3.8, 4) is 23.0 Å². The summed E-state index contributed by atoms with van der Waals surface area (Å²) in [7, 11) is -4.06. The van der Waals surface area contributed by atoms with E-state index in [9.17, 15) is 18.4 Å². The van der Waals surface area contributed by atoms with Crippen LogP contribution in [0.4, 0.5) is 0 Å². The Morgan fingerprint density at radius 2 is 1.62 bits per heavy atom. The first-order valence-corrected chi connectivity index (χ1v) is 12.5. The molecule has 2 aromatic carbocycles. The molecule has 184 valence electrons. The molecular weight excluding hydrogens is 484 g/mol. The second kappa shape index (κ2) is 9.61. The minimum Gasteiger partial charge on any atom is -0.486 e. The second-order valence-corrected chi connectivity index (χ2v) is 10.8. The largest absolute Gasteiger partial charge is 0.486 e. The Labute approximate surface area is 204 Å². The molecule has 2 heterocycles. The van der Waals surface area contributed by atoms with Crippen LogP contribution in [-0.4, -0.2) is 61.5 Å². The molecule has 2 N–H and O–H groups in total. The second-order valence-electron chi connectivity index (χ2n) is 8.58. The number of nitrogens with zero attached hydrogens (tertiary/aromatic N) is 1. The standard InChI is InChI=1S/C23H26N2O7S.ClH/c26-22(24-27)23(9-11-25(12-10-23)16-1-2-16)33(28,29)19-6-3-17(4-7-19)32-18-5-8-20-21(15-18)31-14-13-30-20;/h3-8,15-16,27H,1-2,9-14H2,(H,24,26);1H. The number of ether oxygens (including phenoxy) is 3. The summed E-state index contributed by atoms with van der Waals surface area (Å²) in [5.41, 5.74) is 1.60. The third kappa shape index (κ3) is 4.43. The quantitative estimate of drug-likeness (QED) is 0.450. The van der Waals surface area contributed by atoms with Crippen LogP contribution in [0.25, 0.3) is 0 Å². The molecule has 2 fully saturated rings. The van der Waals surface area contributed by atoms with Crippen molar-refractivity contribution in [2.24, 2.45) is 0 Å². The molecule has 0 atom stereocenters. The van der Waals surface area contributed by atoms with Crippen LogP contribution in [-0.2, 0) is 14.6 Å². The van der Waals surface area contributed by atoms with Gasteiger partial charge in [-0.1, -0.05) is 0 Å². The third-order valence-electron chi connectivity index (χ3n) is 6.58. The summed E-state index contributed by atoms with van der Waals surface area (Å²) in [6, 6.07) is 11.7. The van der Waals surface area contributed by atoms with Crippen molar-refractivity contribution in [2.45, 2.75) is 41.4 Å². The minimum atomic E-state index is -4.06. The van der Waals surface area contributed by atoms with E-state index in [2.05, 4.69) is 4.90 Å². The number of piperidine rings is 1. The van der Waals surface area contributed by atoms with Gasteiger partial charge in [-0.15, -0.1) is 12.4 Å². The number of amides is 1. The van der Waals surface area contributed by atoms with Gasteiger partial charge in [-0.2, -0.15) is 0 Å². The van der Waals surface area contributed by atoms with E-state index in [1.165, 1.54) is 12.1 Å². The molecule has 1 saturated heterocycles. The van der Waals surface area contributed by atoms with Crippen LogP contribution >= 0.6 is 12.4 Å². The maximum atomic E-state index is 13.6. The molecule has 1 saturated carbocycles. The summed E-state index contributed by atoms with van der Waals surface area (Å²) in [6.45, 7) is 1.97. The van der Waals surface area contributed by atoms with Gasteiger partial charge in [0.05, 0.1) is 4.90 Å². The van der Waals surface area contributed by atoms with Crippen molar-refractivity contribution in [2.75, 3.05) is 26.3 Å². The average Bonchev–Trinajstić information content (AvgIpc) is 3.69. The SMILES string of the molecule is Cl.O=C(NO)C1(S(=O)(=O)c2ccc(Oc3ccc4c(c3)OCCO4)cc2)CCN(C2CC2)CC1. The maximum Gasteiger partial charge on any atom is 0.265 e. The molecule has 0 spiro atoms. The predicted octanol–water partition coefficient (Wildman–Crippen LogP) is 2.95. The lowest BCUT2D eigenvalue weighted by Crippen LogP contribution is -2.58. The summed E-state index contributed by atoms with van der Waals surface area (Å²) < 4.78 is 42.3. The summed E-state index contributed by atoms with van der Waals surface area (Å²) in [5, 5.41) is 9.33. The lowest BCUT2D eigenvalue weighted by molar-refractivity contribution is -0.133. The molecule has 2 aliphatic heterocycles. The fourth-order valence-corrected chi connectivity index (χ4v) is 6.50. The number of sulfone groups is 1. The molecular formula is C23H27ClN2O7S. The predicted molar refractivity (Wildman–Crippen MR) is 125 cm³/mol. The van der Waals surface area contributed by atoms with Crippen molar-refractivity contribution in [3.63, 3.8) is 0 Å². The Morgan fingerprint density at radius 3 is 2.24 bits per heavy atom.